The number of nitrogens with zero attached hydrogens (tertiary/aromatic N) is 2. The number of unbranched alkanes of at least 4 members (excludes halogenated alkanes) is 1. The maximum absolute atomic E-state index is 12.8. The SMILES string of the molecule is CCCCNC(=O)c1ccc2[nH]c(O)c(C(=Nc3ccc(CN4CCCCC4)cc3)c3ccccc3)c2c1. The Morgan fingerprint density at radius 1 is 0.974 bits per heavy atom. The van der Waals surface area contributed by atoms with E-state index in [9.17, 15) is 9.90 Å². The highest BCUT2D eigenvalue weighted by atomic mass is 16.3. The molecule has 1 aliphatic heterocycles. The molecule has 1 amide bonds. The van der Waals surface area contributed by atoms with E-state index >= 15 is 0 Å². The van der Waals surface area contributed by atoms with Crippen LogP contribution in [-0.2, 0) is 6.54 Å². The van der Waals surface area contributed by atoms with Crippen LogP contribution in [-0.4, -0.2) is 46.2 Å². The second-order valence-electron chi connectivity index (χ2n) is 10.0. The van der Waals surface area contributed by atoms with Crippen LogP contribution in [0.25, 0.3) is 10.9 Å². The number of nitrogens with one attached hydrogen (secondary N) is 2. The molecule has 1 saturated heterocycles. The Hall–Kier alpha value is -3.90. The first kappa shape index (κ1) is 25.7. The number of hydrogen-bond acceptors (Lipinski definition) is 4. The highest BCUT2D eigenvalue weighted by Crippen LogP contribution is 2.32. The van der Waals surface area contributed by atoms with Gasteiger partial charge in [-0.15, -0.1) is 0 Å². The van der Waals surface area contributed by atoms with Gasteiger partial charge in [0.15, 0.2) is 5.88 Å². The predicted octanol–water partition coefficient (Wildman–Crippen LogP) is 6.56. The molecule has 0 radical (unpaired) electrons. The average Bonchev–Trinajstić information content (AvgIpc) is 3.28. The number of aromatic amines is 1. The number of likely N-dealkylation sites (tertiary alicyclic amines) is 1. The molecule has 3 aromatic carbocycles. The predicted molar refractivity (Wildman–Crippen MR) is 155 cm³/mol. The summed E-state index contributed by atoms with van der Waals surface area (Å²) in [5, 5.41) is 14.8. The molecule has 6 nitrogen and oxygen atoms in total. The van der Waals surface area contributed by atoms with E-state index in [4.69, 9.17) is 4.99 Å². The molecule has 1 aromatic heterocycles. The normalized spacial score (nSPS) is 14.6. The topological polar surface area (TPSA) is 80.7 Å². The molecule has 0 spiro atoms. The van der Waals surface area contributed by atoms with Crippen molar-refractivity contribution in [3.05, 3.63) is 95.1 Å². The number of benzene rings is 3. The van der Waals surface area contributed by atoms with Gasteiger partial charge in [0.05, 0.1) is 17.0 Å². The van der Waals surface area contributed by atoms with Crippen molar-refractivity contribution < 1.29 is 9.90 Å². The lowest BCUT2D eigenvalue weighted by molar-refractivity contribution is 0.0953. The zero-order valence-corrected chi connectivity index (χ0v) is 22.0. The number of rotatable bonds is 9. The largest absolute Gasteiger partial charge is 0.494 e. The van der Waals surface area contributed by atoms with Crippen LogP contribution in [0.5, 0.6) is 5.88 Å². The number of fused-ring (bicyclic) bond motifs is 1. The lowest BCUT2D eigenvalue weighted by Crippen LogP contribution is -2.28. The monoisotopic (exact) mass is 508 g/mol. The molecule has 1 fully saturated rings. The van der Waals surface area contributed by atoms with Gasteiger partial charge in [-0.05, 0) is 68.2 Å². The maximum atomic E-state index is 12.8. The number of amides is 1. The minimum atomic E-state index is -0.116. The van der Waals surface area contributed by atoms with Crippen LogP contribution in [0.3, 0.4) is 0 Å². The maximum Gasteiger partial charge on any atom is 0.251 e. The molecular formula is C32H36N4O2. The molecule has 3 N–H and O–H groups in total. The average molecular weight is 509 g/mol. The van der Waals surface area contributed by atoms with E-state index in [2.05, 4.69) is 34.3 Å². The van der Waals surface area contributed by atoms with E-state index in [-0.39, 0.29) is 11.8 Å². The lowest BCUT2D eigenvalue weighted by atomic mass is 9.99. The fourth-order valence-corrected chi connectivity index (χ4v) is 5.08. The molecule has 0 saturated carbocycles. The van der Waals surface area contributed by atoms with Gasteiger partial charge < -0.3 is 15.4 Å². The Balaban J connectivity index is 1.51. The van der Waals surface area contributed by atoms with Gasteiger partial charge >= 0.3 is 0 Å². The molecule has 196 valence electrons. The summed E-state index contributed by atoms with van der Waals surface area (Å²) in [6.07, 6.45) is 5.84. The van der Waals surface area contributed by atoms with Crippen LogP contribution in [0.2, 0.25) is 0 Å². The third-order valence-electron chi connectivity index (χ3n) is 7.17. The number of carbonyl (C=O) groups excluding carboxylic acids is 1. The van der Waals surface area contributed by atoms with Gasteiger partial charge in [-0.25, -0.2) is 4.99 Å². The van der Waals surface area contributed by atoms with Crippen molar-refractivity contribution >= 4 is 28.2 Å². The molecule has 0 atom stereocenters. The summed E-state index contributed by atoms with van der Waals surface area (Å²) < 4.78 is 0. The van der Waals surface area contributed by atoms with Crippen LogP contribution in [0, 0.1) is 0 Å². The Morgan fingerprint density at radius 2 is 1.74 bits per heavy atom. The fourth-order valence-electron chi connectivity index (χ4n) is 5.08. The van der Waals surface area contributed by atoms with Crippen molar-refractivity contribution in [3.8, 4) is 5.88 Å². The first-order valence-electron chi connectivity index (χ1n) is 13.7. The van der Waals surface area contributed by atoms with E-state index < -0.39 is 0 Å². The minimum Gasteiger partial charge on any atom is -0.494 e. The number of carbonyl (C=O) groups is 1. The summed E-state index contributed by atoms with van der Waals surface area (Å²) in [5.41, 5.74) is 5.54. The summed E-state index contributed by atoms with van der Waals surface area (Å²) in [6, 6.07) is 23.7. The fraction of sp³-hybridized carbons (Fsp3) is 0.312. The van der Waals surface area contributed by atoms with Crippen molar-refractivity contribution in [2.24, 2.45) is 4.99 Å². The molecule has 1 aliphatic rings. The Morgan fingerprint density at radius 3 is 2.47 bits per heavy atom. The summed E-state index contributed by atoms with van der Waals surface area (Å²) >= 11 is 0. The Kier molecular flexibility index (Phi) is 8.19. The minimum absolute atomic E-state index is 0.0351. The van der Waals surface area contributed by atoms with Crippen LogP contribution in [0.1, 0.15) is 66.1 Å². The van der Waals surface area contributed by atoms with Gasteiger partial charge in [0.1, 0.15) is 0 Å². The highest BCUT2D eigenvalue weighted by molar-refractivity contribution is 6.22. The van der Waals surface area contributed by atoms with E-state index in [0.29, 0.717) is 23.4 Å². The zero-order valence-electron chi connectivity index (χ0n) is 22.0. The number of aromatic nitrogens is 1. The number of aliphatic imine (C=N–C) groups is 1. The first-order valence-corrected chi connectivity index (χ1v) is 13.7. The van der Waals surface area contributed by atoms with Crippen LogP contribution < -0.4 is 5.32 Å². The second kappa shape index (κ2) is 12.1. The van der Waals surface area contributed by atoms with Crippen LogP contribution in [0.15, 0.2) is 77.8 Å². The van der Waals surface area contributed by atoms with Gasteiger partial charge in [-0.2, -0.15) is 0 Å². The van der Waals surface area contributed by atoms with Gasteiger partial charge in [0.2, 0.25) is 0 Å². The Bertz CT molecular complexity index is 1400. The van der Waals surface area contributed by atoms with Crippen molar-refractivity contribution in [3.63, 3.8) is 0 Å². The standard InChI is InChI=1S/C32H36N4O2/c1-2-3-18-33-31(37)25-14-17-28-27(21-25)29(32(38)35-28)30(24-10-6-4-7-11-24)34-26-15-12-23(13-16-26)22-36-19-8-5-9-20-36/h4,6-7,10-17,21,35,38H,2-3,5,8-9,18-20,22H2,1H3,(H,33,37). The summed E-state index contributed by atoms with van der Waals surface area (Å²) in [4.78, 5) is 23.4. The van der Waals surface area contributed by atoms with Crippen molar-refractivity contribution in [1.29, 1.82) is 0 Å². The molecule has 2 heterocycles. The van der Waals surface area contributed by atoms with Gasteiger partial charge in [0, 0.05) is 35.1 Å². The number of piperidine rings is 1. The number of aromatic hydroxyl groups is 1. The zero-order chi connectivity index (χ0) is 26.3. The van der Waals surface area contributed by atoms with E-state index in [0.717, 1.165) is 54.6 Å². The molecule has 0 unspecified atom stereocenters. The van der Waals surface area contributed by atoms with Crippen LogP contribution in [0.4, 0.5) is 5.69 Å². The highest BCUT2D eigenvalue weighted by Gasteiger charge is 2.20. The van der Waals surface area contributed by atoms with Crippen molar-refractivity contribution in [2.75, 3.05) is 19.6 Å². The van der Waals surface area contributed by atoms with E-state index in [1.54, 1.807) is 6.07 Å². The van der Waals surface area contributed by atoms with Gasteiger partial charge in [0.25, 0.3) is 5.91 Å². The molecule has 38 heavy (non-hydrogen) atoms. The second-order valence-corrected chi connectivity index (χ2v) is 10.0. The molecule has 6 heteroatoms. The molecule has 0 bridgehead atoms. The molecular weight excluding hydrogens is 472 g/mol. The lowest BCUT2D eigenvalue weighted by Gasteiger charge is -2.26. The summed E-state index contributed by atoms with van der Waals surface area (Å²) in [5.74, 6) is -0.0812. The quantitative estimate of drug-likeness (QED) is 0.177. The molecule has 5 rings (SSSR count). The third kappa shape index (κ3) is 5.97. The summed E-state index contributed by atoms with van der Waals surface area (Å²) in [7, 11) is 0. The molecule has 0 aliphatic carbocycles. The van der Waals surface area contributed by atoms with Crippen LogP contribution >= 0.6 is 0 Å². The van der Waals surface area contributed by atoms with Crippen molar-refractivity contribution in [1.82, 2.24) is 15.2 Å². The van der Waals surface area contributed by atoms with E-state index in [1.807, 2.05) is 54.6 Å². The molecule has 4 aromatic rings. The smallest absolute Gasteiger partial charge is 0.251 e. The number of H-pyrrole nitrogens is 1. The van der Waals surface area contributed by atoms with Gasteiger partial charge in [-0.1, -0.05) is 62.2 Å². The third-order valence-corrected chi connectivity index (χ3v) is 7.17. The first-order chi connectivity index (χ1) is 18.6. The summed E-state index contributed by atoms with van der Waals surface area (Å²) in [6.45, 7) is 6.03. The van der Waals surface area contributed by atoms with E-state index in [1.165, 1.54) is 24.8 Å². The van der Waals surface area contributed by atoms with Gasteiger partial charge in [-0.3, -0.25) is 9.69 Å². The van der Waals surface area contributed by atoms with Crippen molar-refractivity contribution in [2.45, 2.75) is 45.6 Å². The Labute approximate surface area is 224 Å². The number of hydrogen-bond donors (Lipinski definition) is 3.